The summed E-state index contributed by atoms with van der Waals surface area (Å²) in [5.41, 5.74) is 3.12. The fourth-order valence-corrected chi connectivity index (χ4v) is 3.98. The maximum atomic E-state index is 3.55. The Hall–Kier alpha value is -1.12. The van der Waals surface area contributed by atoms with Gasteiger partial charge in [-0.1, -0.05) is 30.3 Å². The van der Waals surface area contributed by atoms with Gasteiger partial charge in [0.1, 0.15) is 0 Å². The number of rotatable bonds is 4. The quantitative estimate of drug-likeness (QED) is 0.894. The number of benzene rings is 1. The van der Waals surface area contributed by atoms with Gasteiger partial charge in [0.15, 0.2) is 0 Å². The molecule has 0 saturated heterocycles. The van der Waals surface area contributed by atoms with Crippen LogP contribution in [0.15, 0.2) is 41.8 Å². The van der Waals surface area contributed by atoms with Crippen LogP contribution in [0.5, 0.6) is 0 Å². The normalized spacial score (nSPS) is 19.9. The van der Waals surface area contributed by atoms with Crippen LogP contribution in [0.2, 0.25) is 0 Å². The Balaban J connectivity index is 1.72. The van der Waals surface area contributed by atoms with Crippen LogP contribution in [-0.4, -0.2) is 13.1 Å². The van der Waals surface area contributed by atoms with Gasteiger partial charge in [-0.3, -0.25) is 0 Å². The van der Waals surface area contributed by atoms with Crippen LogP contribution in [0.1, 0.15) is 22.4 Å². The Morgan fingerprint density at radius 1 is 1.21 bits per heavy atom. The zero-order valence-corrected chi connectivity index (χ0v) is 12.2. The first-order valence-corrected chi connectivity index (χ1v) is 8.01. The van der Waals surface area contributed by atoms with E-state index in [1.807, 2.05) is 11.3 Å². The topological polar surface area (TPSA) is 12.0 Å². The molecule has 0 saturated carbocycles. The van der Waals surface area contributed by atoms with Crippen molar-refractivity contribution in [1.29, 1.82) is 0 Å². The van der Waals surface area contributed by atoms with Gasteiger partial charge in [0, 0.05) is 10.9 Å². The molecule has 2 unspecified atom stereocenters. The predicted molar refractivity (Wildman–Crippen MR) is 82.8 cm³/mol. The molecule has 3 rings (SSSR count). The van der Waals surface area contributed by atoms with Crippen molar-refractivity contribution in [3.63, 3.8) is 0 Å². The molecular weight excluding hydrogens is 250 g/mol. The lowest BCUT2D eigenvalue weighted by Crippen LogP contribution is -2.38. The molecular formula is C17H21NS. The Morgan fingerprint density at radius 2 is 2.05 bits per heavy atom. The van der Waals surface area contributed by atoms with Crippen LogP contribution in [0.3, 0.4) is 0 Å². The first kappa shape index (κ1) is 12.9. The Labute approximate surface area is 119 Å². The second-order valence-corrected chi connectivity index (χ2v) is 6.48. The van der Waals surface area contributed by atoms with Gasteiger partial charge in [-0.2, -0.15) is 0 Å². The van der Waals surface area contributed by atoms with Gasteiger partial charge in [0.25, 0.3) is 0 Å². The lowest BCUT2D eigenvalue weighted by molar-refractivity contribution is 0.334. The van der Waals surface area contributed by atoms with Crippen LogP contribution in [-0.2, 0) is 19.3 Å². The molecule has 1 nitrogen and oxygen atoms in total. The van der Waals surface area contributed by atoms with E-state index in [2.05, 4.69) is 54.1 Å². The van der Waals surface area contributed by atoms with E-state index in [0.29, 0.717) is 6.04 Å². The smallest absolute Gasteiger partial charge is 0.0144 e. The number of aryl methyl sites for hydroxylation is 1. The number of likely N-dealkylation sites (N-methyl/N-ethyl adjacent to an activating group) is 1. The summed E-state index contributed by atoms with van der Waals surface area (Å²) in [5, 5.41) is 5.73. The van der Waals surface area contributed by atoms with Crippen LogP contribution in [0.4, 0.5) is 0 Å². The SMILES string of the molecule is CNC(Cc1cccs1)C1CCc2ccccc2C1. The van der Waals surface area contributed by atoms with Crippen molar-refractivity contribution in [2.75, 3.05) is 7.05 Å². The van der Waals surface area contributed by atoms with E-state index in [-0.39, 0.29) is 0 Å². The maximum Gasteiger partial charge on any atom is 0.0144 e. The van der Waals surface area contributed by atoms with Gasteiger partial charge >= 0.3 is 0 Å². The molecule has 1 N–H and O–H groups in total. The minimum Gasteiger partial charge on any atom is -0.316 e. The summed E-state index contributed by atoms with van der Waals surface area (Å²) in [4.78, 5) is 1.50. The van der Waals surface area contributed by atoms with E-state index in [9.17, 15) is 0 Å². The number of hydrogen-bond acceptors (Lipinski definition) is 2. The van der Waals surface area contributed by atoms with Crippen LogP contribution < -0.4 is 5.32 Å². The Bertz CT molecular complexity index is 518. The highest BCUT2D eigenvalue weighted by Gasteiger charge is 2.25. The molecule has 1 aliphatic rings. The molecule has 2 aromatic rings. The zero-order chi connectivity index (χ0) is 13.1. The van der Waals surface area contributed by atoms with Gasteiger partial charge in [0.2, 0.25) is 0 Å². The fraction of sp³-hybridized carbons (Fsp3) is 0.412. The molecule has 1 aliphatic carbocycles. The molecule has 0 spiro atoms. The van der Waals surface area contributed by atoms with Gasteiger partial charge in [-0.05, 0) is 61.2 Å². The van der Waals surface area contributed by atoms with Crippen LogP contribution in [0, 0.1) is 5.92 Å². The lowest BCUT2D eigenvalue weighted by Gasteiger charge is -2.31. The summed E-state index contributed by atoms with van der Waals surface area (Å²) in [5.74, 6) is 0.766. The van der Waals surface area contributed by atoms with E-state index in [4.69, 9.17) is 0 Å². The minimum atomic E-state index is 0.604. The lowest BCUT2D eigenvalue weighted by atomic mass is 9.79. The van der Waals surface area contributed by atoms with Crippen molar-refractivity contribution in [2.45, 2.75) is 31.7 Å². The molecule has 1 aromatic heterocycles. The third kappa shape index (κ3) is 2.90. The van der Waals surface area contributed by atoms with Gasteiger partial charge < -0.3 is 5.32 Å². The van der Waals surface area contributed by atoms with Crippen LogP contribution in [0.25, 0.3) is 0 Å². The largest absolute Gasteiger partial charge is 0.316 e. The molecule has 0 bridgehead atoms. The molecule has 100 valence electrons. The minimum absolute atomic E-state index is 0.604. The average Bonchev–Trinajstić information content (AvgIpc) is 2.97. The molecule has 0 amide bonds. The molecule has 2 heteroatoms. The summed E-state index contributed by atoms with van der Waals surface area (Å²) in [6.45, 7) is 0. The molecule has 0 aliphatic heterocycles. The third-order valence-electron chi connectivity index (χ3n) is 4.33. The summed E-state index contributed by atoms with van der Waals surface area (Å²) < 4.78 is 0. The molecule has 19 heavy (non-hydrogen) atoms. The molecule has 2 atom stereocenters. The van der Waals surface area contributed by atoms with E-state index in [1.54, 1.807) is 11.1 Å². The molecule has 1 aromatic carbocycles. The molecule has 0 fully saturated rings. The zero-order valence-electron chi connectivity index (χ0n) is 11.4. The summed E-state index contributed by atoms with van der Waals surface area (Å²) in [7, 11) is 2.11. The van der Waals surface area contributed by atoms with Crippen LogP contribution >= 0.6 is 11.3 Å². The van der Waals surface area contributed by atoms with Crippen molar-refractivity contribution in [3.8, 4) is 0 Å². The van der Waals surface area contributed by atoms with Gasteiger partial charge in [-0.15, -0.1) is 11.3 Å². The summed E-state index contributed by atoms with van der Waals surface area (Å²) in [6.07, 6.45) is 4.95. The van der Waals surface area contributed by atoms with E-state index < -0.39 is 0 Å². The first-order valence-electron chi connectivity index (χ1n) is 7.13. The van der Waals surface area contributed by atoms with Crippen molar-refractivity contribution in [2.24, 2.45) is 5.92 Å². The maximum absolute atomic E-state index is 3.55. The number of thiophene rings is 1. The monoisotopic (exact) mass is 271 g/mol. The Morgan fingerprint density at radius 3 is 2.79 bits per heavy atom. The predicted octanol–water partition coefficient (Wildman–Crippen LogP) is 3.68. The van der Waals surface area contributed by atoms with Crippen molar-refractivity contribution in [3.05, 3.63) is 57.8 Å². The van der Waals surface area contributed by atoms with Crippen molar-refractivity contribution in [1.82, 2.24) is 5.32 Å². The second kappa shape index (κ2) is 5.89. The third-order valence-corrected chi connectivity index (χ3v) is 5.22. The summed E-state index contributed by atoms with van der Waals surface area (Å²) >= 11 is 1.88. The highest BCUT2D eigenvalue weighted by molar-refractivity contribution is 7.09. The Kier molecular flexibility index (Phi) is 4.00. The molecule has 1 heterocycles. The highest BCUT2D eigenvalue weighted by Crippen LogP contribution is 2.29. The average molecular weight is 271 g/mol. The van der Waals surface area contributed by atoms with E-state index in [1.165, 1.54) is 30.6 Å². The number of fused-ring (bicyclic) bond motifs is 1. The van der Waals surface area contributed by atoms with E-state index in [0.717, 1.165) is 5.92 Å². The highest BCUT2D eigenvalue weighted by atomic mass is 32.1. The number of hydrogen-bond donors (Lipinski definition) is 1. The fourth-order valence-electron chi connectivity index (χ4n) is 3.22. The van der Waals surface area contributed by atoms with Gasteiger partial charge in [0.05, 0.1) is 0 Å². The van der Waals surface area contributed by atoms with E-state index >= 15 is 0 Å². The first-order chi connectivity index (χ1) is 9.36. The van der Waals surface area contributed by atoms with Crippen molar-refractivity contribution >= 4 is 11.3 Å². The number of nitrogens with one attached hydrogen (secondary N) is 1. The molecule has 0 radical (unpaired) electrons. The van der Waals surface area contributed by atoms with Crippen molar-refractivity contribution < 1.29 is 0 Å². The van der Waals surface area contributed by atoms with Gasteiger partial charge in [-0.25, -0.2) is 0 Å². The summed E-state index contributed by atoms with van der Waals surface area (Å²) in [6, 6.07) is 14.0. The second-order valence-electron chi connectivity index (χ2n) is 5.45. The standard InChI is InChI=1S/C17H21NS/c1-18-17(12-16-7-4-10-19-16)15-9-8-13-5-2-3-6-14(13)11-15/h2-7,10,15,17-18H,8-9,11-12H2,1H3.